The van der Waals surface area contributed by atoms with Crippen molar-refractivity contribution in [3.05, 3.63) is 42.9 Å². The van der Waals surface area contributed by atoms with E-state index in [9.17, 15) is 21.6 Å². The van der Waals surface area contributed by atoms with Gasteiger partial charge in [-0.1, -0.05) is 19.1 Å². The molecule has 0 aliphatic heterocycles. The summed E-state index contributed by atoms with van der Waals surface area (Å²) >= 11 is 0. The molecule has 9 nitrogen and oxygen atoms in total. The Balaban J connectivity index is 1.82. The van der Waals surface area contributed by atoms with Gasteiger partial charge in [0.15, 0.2) is 26.4 Å². The zero-order valence-electron chi connectivity index (χ0n) is 17.2. The summed E-state index contributed by atoms with van der Waals surface area (Å²) in [4.78, 5) is 17.1. The molecule has 0 fully saturated rings. The van der Waals surface area contributed by atoms with Crippen molar-refractivity contribution in [2.75, 3.05) is 5.75 Å². The highest BCUT2D eigenvalue weighted by molar-refractivity contribution is 7.91. The number of imidazole rings is 2. The molecule has 0 bridgehead atoms. The van der Waals surface area contributed by atoms with E-state index < -0.39 is 21.9 Å². The highest BCUT2D eigenvalue weighted by atomic mass is 32.2. The van der Waals surface area contributed by atoms with Crippen molar-refractivity contribution < 1.29 is 26.3 Å². The van der Waals surface area contributed by atoms with Crippen LogP contribution < -0.4 is 4.74 Å². The van der Waals surface area contributed by atoms with Gasteiger partial charge in [-0.05, 0) is 12.1 Å². The van der Waals surface area contributed by atoms with Crippen molar-refractivity contribution in [2.24, 2.45) is 7.05 Å². The van der Waals surface area contributed by atoms with Gasteiger partial charge in [-0.2, -0.15) is 0 Å². The predicted molar refractivity (Wildman–Crippen MR) is 112 cm³/mol. The van der Waals surface area contributed by atoms with Gasteiger partial charge < -0.3 is 9.30 Å². The first kappa shape index (κ1) is 21.1. The van der Waals surface area contributed by atoms with Gasteiger partial charge in [0.05, 0.1) is 17.5 Å². The number of rotatable bonds is 4. The SMILES string of the molecule is CCS(=O)(=O)c1c(-c2nc3cnc4c(OC(F)(F)F)cccc4c3n2C)nc2ncccn12. The first-order chi connectivity index (χ1) is 15.6. The Morgan fingerprint density at radius 1 is 1.12 bits per heavy atom. The number of fused-ring (bicyclic) bond motifs is 4. The van der Waals surface area contributed by atoms with Crippen LogP contribution in [0, 0.1) is 0 Å². The molecule has 1 aromatic carbocycles. The summed E-state index contributed by atoms with van der Waals surface area (Å²) in [5.74, 6) is -0.236. The lowest BCUT2D eigenvalue weighted by Crippen LogP contribution is -2.17. The summed E-state index contributed by atoms with van der Waals surface area (Å²) in [6.45, 7) is 1.52. The van der Waals surface area contributed by atoms with Gasteiger partial charge in [0.1, 0.15) is 16.7 Å². The summed E-state index contributed by atoms with van der Waals surface area (Å²) in [6.07, 6.45) is -0.535. The zero-order valence-corrected chi connectivity index (χ0v) is 18.0. The molecule has 0 saturated heterocycles. The number of sulfone groups is 1. The largest absolute Gasteiger partial charge is 0.573 e. The van der Waals surface area contributed by atoms with Crippen molar-refractivity contribution in [3.8, 4) is 17.3 Å². The van der Waals surface area contributed by atoms with Crippen molar-refractivity contribution in [3.63, 3.8) is 0 Å². The van der Waals surface area contributed by atoms with E-state index in [1.54, 1.807) is 29.9 Å². The molecule has 4 heterocycles. The van der Waals surface area contributed by atoms with Crippen LogP contribution in [0.15, 0.2) is 47.9 Å². The minimum absolute atomic E-state index is 0.00468. The summed E-state index contributed by atoms with van der Waals surface area (Å²) in [5.41, 5.74) is 0.890. The summed E-state index contributed by atoms with van der Waals surface area (Å²) < 4.78 is 71.4. The molecule has 5 rings (SSSR count). The number of ether oxygens (including phenoxy) is 1. The molecule has 0 amide bonds. The molecule has 0 radical (unpaired) electrons. The van der Waals surface area contributed by atoms with Gasteiger partial charge in [-0.15, -0.1) is 13.2 Å². The lowest BCUT2D eigenvalue weighted by atomic mass is 10.2. The standard InChI is InChI=1S/C20H15F3N6O3S/c1-3-33(30,31)18-15(27-19-24-8-5-9-29(18)19)17-26-12-10-25-14-11(16(12)28(17)2)6-4-7-13(14)32-20(21,22)23/h4-10H,3H2,1-2H3. The van der Waals surface area contributed by atoms with E-state index >= 15 is 0 Å². The molecular formula is C20H15F3N6O3S. The Bertz CT molecular complexity index is 1660. The normalized spacial score (nSPS) is 12.8. The molecule has 0 spiro atoms. The molecule has 5 aromatic rings. The minimum Gasteiger partial charge on any atom is -0.403 e. The number of pyridine rings is 1. The number of hydrogen-bond acceptors (Lipinski definition) is 7. The van der Waals surface area contributed by atoms with E-state index in [2.05, 4.69) is 24.7 Å². The number of aromatic nitrogens is 6. The fraction of sp³-hybridized carbons (Fsp3) is 0.200. The monoisotopic (exact) mass is 476 g/mol. The molecule has 33 heavy (non-hydrogen) atoms. The van der Waals surface area contributed by atoms with Crippen LogP contribution in [0.25, 0.3) is 39.2 Å². The van der Waals surface area contributed by atoms with Gasteiger partial charge in [0.2, 0.25) is 5.78 Å². The fourth-order valence-corrected chi connectivity index (χ4v) is 4.91. The quantitative estimate of drug-likeness (QED) is 0.391. The van der Waals surface area contributed by atoms with Crippen molar-refractivity contribution in [2.45, 2.75) is 18.3 Å². The second-order valence-corrected chi connectivity index (χ2v) is 9.34. The average molecular weight is 476 g/mol. The number of alkyl halides is 3. The van der Waals surface area contributed by atoms with Crippen LogP contribution in [0.1, 0.15) is 6.92 Å². The Kier molecular flexibility index (Phi) is 4.57. The molecular weight excluding hydrogens is 461 g/mol. The number of hydrogen-bond donors (Lipinski definition) is 0. The smallest absolute Gasteiger partial charge is 0.403 e. The third kappa shape index (κ3) is 3.35. The lowest BCUT2D eigenvalue weighted by Gasteiger charge is -2.11. The van der Waals surface area contributed by atoms with Gasteiger partial charge >= 0.3 is 6.36 Å². The molecule has 0 atom stereocenters. The maximum atomic E-state index is 12.9. The first-order valence-corrected chi connectivity index (χ1v) is 11.3. The number of benzene rings is 1. The summed E-state index contributed by atoms with van der Waals surface area (Å²) in [7, 11) is -2.11. The molecule has 0 N–H and O–H groups in total. The number of halogens is 3. The van der Waals surface area contributed by atoms with Crippen LogP contribution in [-0.2, 0) is 16.9 Å². The van der Waals surface area contributed by atoms with Crippen molar-refractivity contribution in [1.29, 1.82) is 0 Å². The third-order valence-electron chi connectivity index (χ3n) is 5.16. The van der Waals surface area contributed by atoms with E-state index in [-0.39, 0.29) is 33.6 Å². The van der Waals surface area contributed by atoms with Crippen LogP contribution in [0.3, 0.4) is 0 Å². The van der Waals surface area contributed by atoms with Crippen LogP contribution in [0.2, 0.25) is 0 Å². The molecule has 0 unspecified atom stereocenters. The molecule has 4 aromatic heterocycles. The Hall–Kier alpha value is -3.74. The van der Waals surface area contributed by atoms with Gasteiger partial charge in [0.25, 0.3) is 0 Å². The van der Waals surface area contributed by atoms with E-state index in [1.807, 2.05) is 0 Å². The molecule has 170 valence electrons. The van der Waals surface area contributed by atoms with E-state index in [0.717, 1.165) is 0 Å². The molecule has 0 aliphatic carbocycles. The van der Waals surface area contributed by atoms with E-state index in [4.69, 9.17) is 0 Å². The Morgan fingerprint density at radius 2 is 1.91 bits per heavy atom. The summed E-state index contributed by atoms with van der Waals surface area (Å²) in [6, 6.07) is 5.76. The second kappa shape index (κ2) is 7.13. The van der Waals surface area contributed by atoms with E-state index in [0.29, 0.717) is 16.4 Å². The highest BCUT2D eigenvalue weighted by Crippen LogP contribution is 2.35. The van der Waals surface area contributed by atoms with Crippen LogP contribution in [0.5, 0.6) is 5.75 Å². The average Bonchev–Trinajstić information content (AvgIpc) is 3.31. The van der Waals surface area contributed by atoms with Crippen LogP contribution >= 0.6 is 0 Å². The third-order valence-corrected chi connectivity index (χ3v) is 6.90. The maximum Gasteiger partial charge on any atom is 0.573 e. The van der Waals surface area contributed by atoms with Crippen LogP contribution in [-0.4, -0.2) is 49.4 Å². The molecule has 0 aliphatic rings. The zero-order chi connectivity index (χ0) is 23.5. The number of para-hydroxylation sites is 1. The lowest BCUT2D eigenvalue weighted by molar-refractivity contribution is -0.274. The van der Waals surface area contributed by atoms with Gasteiger partial charge in [-0.25, -0.2) is 28.4 Å². The van der Waals surface area contributed by atoms with Crippen LogP contribution in [0.4, 0.5) is 13.2 Å². The fourth-order valence-electron chi connectivity index (χ4n) is 3.77. The summed E-state index contributed by atoms with van der Waals surface area (Å²) in [5, 5.41) is 0.294. The Labute approximate surface area is 184 Å². The second-order valence-electron chi connectivity index (χ2n) is 7.15. The van der Waals surface area contributed by atoms with Crippen molar-refractivity contribution >= 4 is 37.6 Å². The topological polar surface area (TPSA) is 104 Å². The highest BCUT2D eigenvalue weighted by Gasteiger charge is 2.33. The Morgan fingerprint density at radius 3 is 2.64 bits per heavy atom. The predicted octanol–water partition coefficient (Wildman–Crippen LogP) is 3.52. The molecule has 13 heteroatoms. The number of nitrogens with zero attached hydrogens (tertiary/aromatic N) is 6. The maximum absolute atomic E-state index is 12.9. The van der Waals surface area contributed by atoms with Gasteiger partial charge in [0, 0.05) is 24.8 Å². The van der Waals surface area contributed by atoms with E-state index in [1.165, 1.54) is 35.9 Å². The molecule has 0 saturated carbocycles. The van der Waals surface area contributed by atoms with Crippen molar-refractivity contribution in [1.82, 2.24) is 28.9 Å². The first-order valence-electron chi connectivity index (χ1n) is 9.67. The van der Waals surface area contributed by atoms with Gasteiger partial charge in [-0.3, -0.25) is 4.40 Å². The minimum atomic E-state index is -4.88. The number of aryl methyl sites for hydroxylation is 1.